The second-order valence-electron chi connectivity index (χ2n) is 29.4. The third kappa shape index (κ3) is 13.2. The van der Waals surface area contributed by atoms with Gasteiger partial charge in [-0.15, -0.1) is 20.4 Å². The minimum Gasteiger partial charge on any atom is -0.264 e. The summed E-state index contributed by atoms with van der Waals surface area (Å²) in [6.45, 7) is 0. The highest BCUT2D eigenvalue weighted by Crippen LogP contribution is 2.50. The zero-order valence-corrected chi connectivity index (χ0v) is 64.6. The summed E-state index contributed by atoms with van der Waals surface area (Å²) in [7, 11) is 0. The summed E-state index contributed by atoms with van der Waals surface area (Å²) in [5.41, 5.74) is 27.0. The van der Waals surface area contributed by atoms with Gasteiger partial charge in [-0.2, -0.15) is 0 Å². The highest BCUT2D eigenvalue weighted by atomic mass is 15.3. The van der Waals surface area contributed by atoms with Gasteiger partial charge in [0, 0.05) is 69.3 Å². The maximum atomic E-state index is 5.31. The Labute approximate surface area is 690 Å². The Morgan fingerprint density at radius 3 is 0.733 bits per heavy atom. The molecule has 0 saturated carbocycles. The summed E-state index contributed by atoms with van der Waals surface area (Å²) in [6, 6.07) is 132. The molecule has 0 amide bonds. The van der Waals surface area contributed by atoms with Crippen LogP contribution >= 0.6 is 0 Å². The van der Waals surface area contributed by atoms with Crippen LogP contribution in [0, 0.1) is 0 Å². The molecule has 0 bridgehead atoms. The molecule has 0 saturated heterocycles. The van der Waals surface area contributed by atoms with Crippen LogP contribution in [0.25, 0.3) is 221 Å². The summed E-state index contributed by atoms with van der Waals surface area (Å²) in [5, 5.41) is 30.1. The molecular weight excluding hydrogens is 1470 g/mol. The molecular formula is C108H68N12. The van der Waals surface area contributed by atoms with E-state index in [-0.39, 0.29) is 0 Å². The van der Waals surface area contributed by atoms with E-state index in [1.165, 1.54) is 50.1 Å². The van der Waals surface area contributed by atoms with E-state index in [4.69, 9.17) is 29.9 Å². The van der Waals surface area contributed by atoms with Crippen LogP contribution in [0.4, 0.5) is 0 Å². The van der Waals surface area contributed by atoms with Crippen LogP contribution in [0.3, 0.4) is 0 Å². The first kappa shape index (κ1) is 71.3. The van der Waals surface area contributed by atoms with E-state index >= 15 is 0 Å². The predicted octanol–water partition coefficient (Wildman–Crippen LogP) is 26.5. The van der Waals surface area contributed by atoms with Crippen LogP contribution in [0.15, 0.2) is 413 Å². The highest BCUT2D eigenvalue weighted by molar-refractivity contribution is 6.25. The first-order valence-corrected chi connectivity index (χ1v) is 39.9. The van der Waals surface area contributed by atoms with Gasteiger partial charge in [0.1, 0.15) is 0 Å². The maximum Gasteiger partial charge on any atom is 0.204 e. The van der Waals surface area contributed by atoms with Crippen LogP contribution in [-0.2, 0) is 0 Å². The molecule has 6 aromatic heterocycles. The summed E-state index contributed by atoms with van der Waals surface area (Å²) in [6.07, 6.45) is 8.79. The first-order chi connectivity index (χ1) is 59.6. The van der Waals surface area contributed by atoms with Gasteiger partial charge in [-0.25, -0.2) is 29.9 Å². The van der Waals surface area contributed by atoms with E-state index in [0.717, 1.165) is 172 Å². The molecule has 23 aromatic rings. The van der Waals surface area contributed by atoms with Crippen molar-refractivity contribution < 1.29 is 0 Å². The zero-order valence-electron chi connectivity index (χ0n) is 64.6. The van der Waals surface area contributed by atoms with Gasteiger partial charge in [0.15, 0.2) is 6.33 Å². The molecule has 12 nitrogen and oxygen atoms in total. The zero-order chi connectivity index (χ0) is 79.7. The Balaban J connectivity index is 0.000000112. The number of pyridine rings is 2. The molecule has 0 radical (unpaired) electrons. The molecule has 0 N–H and O–H groups in total. The van der Waals surface area contributed by atoms with Crippen molar-refractivity contribution in [3.63, 3.8) is 0 Å². The molecule has 0 aliphatic carbocycles. The summed E-state index contributed by atoms with van der Waals surface area (Å²) in [4.78, 5) is 40.0. The van der Waals surface area contributed by atoms with Crippen molar-refractivity contribution in [1.82, 2.24) is 60.3 Å². The Kier molecular flexibility index (Phi) is 18.7. The van der Waals surface area contributed by atoms with E-state index in [1.54, 1.807) is 6.20 Å². The lowest BCUT2D eigenvalue weighted by Gasteiger charge is -2.19. The second kappa shape index (κ2) is 31.4. The number of nitrogens with zero attached hydrogens (tertiary/aromatic N) is 12. The van der Waals surface area contributed by atoms with Gasteiger partial charge in [-0.3, -0.25) is 9.97 Å². The van der Waals surface area contributed by atoms with E-state index in [9.17, 15) is 0 Å². The maximum absolute atomic E-state index is 5.31. The number of rotatable bonds is 11. The summed E-state index contributed by atoms with van der Waals surface area (Å²) in [5.74, 6) is 0.490. The lowest BCUT2D eigenvalue weighted by atomic mass is 9.86. The first-order valence-electron chi connectivity index (χ1n) is 39.9. The molecule has 12 heteroatoms. The van der Waals surface area contributed by atoms with Crippen molar-refractivity contribution in [2.45, 2.75) is 0 Å². The molecule has 0 spiro atoms. The van der Waals surface area contributed by atoms with Crippen molar-refractivity contribution >= 4 is 97.7 Å². The van der Waals surface area contributed by atoms with Crippen LogP contribution in [0.1, 0.15) is 0 Å². The second-order valence-corrected chi connectivity index (χ2v) is 29.4. The molecule has 120 heavy (non-hydrogen) atoms. The minimum atomic E-state index is 0.490. The van der Waals surface area contributed by atoms with E-state index < -0.39 is 0 Å². The lowest BCUT2D eigenvalue weighted by molar-refractivity contribution is 0.866. The van der Waals surface area contributed by atoms with Gasteiger partial charge in [0.25, 0.3) is 0 Å². The van der Waals surface area contributed by atoms with Gasteiger partial charge in [0.05, 0.1) is 67.3 Å². The van der Waals surface area contributed by atoms with Crippen LogP contribution in [-0.4, -0.2) is 60.3 Å². The summed E-state index contributed by atoms with van der Waals surface area (Å²) >= 11 is 0. The van der Waals surface area contributed by atoms with Crippen molar-refractivity contribution in [2.75, 3.05) is 0 Å². The number of aromatic nitrogens is 12. The Morgan fingerprint density at radius 2 is 0.408 bits per heavy atom. The predicted molar refractivity (Wildman–Crippen MR) is 490 cm³/mol. The van der Waals surface area contributed by atoms with Gasteiger partial charge >= 0.3 is 0 Å². The fourth-order valence-corrected chi connectivity index (χ4v) is 17.0. The normalized spacial score (nSPS) is 11.3. The minimum absolute atomic E-state index is 0.490. The molecule has 23 rings (SSSR count). The molecule has 6 heterocycles. The number of hydrogen-bond donors (Lipinski definition) is 0. The van der Waals surface area contributed by atoms with Crippen LogP contribution in [0.2, 0.25) is 0 Å². The highest BCUT2D eigenvalue weighted by Gasteiger charge is 2.27. The van der Waals surface area contributed by atoms with Crippen LogP contribution < -0.4 is 0 Å². The lowest BCUT2D eigenvalue weighted by Crippen LogP contribution is -2.00. The molecule has 560 valence electrons. The topological polar surface area (TPSA) is 155 Å². The molecule has 0 aliphatic heterocycles. The van der Waals surface area contributed by atoms with E-state index in [0.29, 0.717) is 5.82 Å². The number of para-hydroxylation sites is 6. The molecule has 0 atom stereocenters. The van der Waals surface area contributed by atoms with Crippen LogP contribution in [0.5, 0.6) is 0 Å². The standard InChI is InChI=1S/2C39H25N3.C30H18N6/c1-2-12-26(13-3-1)38-39(42-35-22-9-8-21-34(35)41-38)37-32-19-6-4-17-30(32)36(31-18-5-7-20-33(31)37)28-15-10-14-27(24-28)29-16-11-23-40-25-29;1-2-11-28(12-3-1)38-39(42-35-19-9-8-18-34(35)41-38)37-32-16-6-4-14-30(32)36(31-15-5-7-17-33(31)37)27-22-20-26(21-23-27)29-13-10-24-40-25-29;1-2-10-19(11-3-1)28-29(34-25-17-9-8-16-24(25)33-28)26-20-12-4-6-14-22(20)27(30-35-31-18-32-36-30)23-15-7-5-13-21(23)26/h2*1-25H;1-18H. The fourth-order valence-electron chi connectivity index (χ4n) is 17.0. The Bertz CT molecular complexity index is 7650. The van der Waals surface area contributed by atoms with Crippen molar-refractivity contribution in [1.29, 1.82) is 0 Å². The fraction of sp³-hybridized carbons (Fsp3) is 0. The SMILES string of the molecule is c1ccc(-c2nc3ccccc3nc2-c2c3ccccc3c(-c3ccc(-c4cccnc4)cc3)c3ccccc23)cc1.c1ccc(-c2nc3ccccc3nc2-c2c3ccccc3c(-c3cccc(-c4cccnc4)c3)c3ccccc23)cc1.c1ccc(-c2nc3ccccc3nc2-c2c3ccccc3c(-c3nncnn3)c3ccccc23)cc1. The average molecular weight is 1530 g/mol. The molecule has 0 fully saturated rings. The van der Waals surface area contributed by atoms with Crippen molar-refractivity contribution in [3.8, 4) is 123 Å². The molecule has 0 aliphatic rings. The molecule has 17 aromatic carbocycles. The van der Waals surface area contributed by atoms with Gasteiger partial charge < -0.3 is 0 Å². The monoisotopic (exact) mass is 1530 g/mol. The number of benzene rings is 17. The van der Waals surface area contributed by atoms with Crippen molar-refractivity contribution in [3.05, 3.63) is 413 Å². The van der Waals surface area contributed by atoms with Crippen molar-refractivity contribution in [2.24, 2.45) is 0 Å². The number of fused-ring (bicyclic) bond motifs is 9. The van der Waals surface area contributed by atoms with Gasteiger partial charge in [0.2, 0.25) is 5.82 Å². The quantitative estimate of drug-likeness (QED) is 0.113. The van der Waals surface area contributed by atoms with Gasteiger partial charge in [-0.1, -0.05) is 328 Å². The average Bonchev–Trinajstić information content (AvgIpc) is 0.736. The Hall–Kier alpha value is -16.4. The third-order valence-electron chi connectivity index (χ3n) is 22.3. The third-order valence-corrected chi connectivity index (χ3v) is 22.3. The number of hydrogen-bond acceptors (Lipinski definition) is 12. The molecule has 0 unspecified atom stereocenters. The summed E-state index contributed by atoms with van der Waals surface area (Å²) < 4.78 is 0. The van der Waals surface area contributed by atoms with E-state index in [2.05, 4.69) is 273 Å². The Morgan fingerprint density at radius 1 is 0.158 bits per heavy atom. The van der Waals surface area contributed by atoms with E-state index in [1.807, 2.05) is 158 Å². The largest absolute Gasteiger partial charge is 0.264 e. The van der Waals surface area contributed by atoms with Gasteiger partial charge in [-0.05, 0) is 158 Å². The smallest absolute Gasteiger partial charge is 0.204 e.